The van der Waals surface area contributed by atoms with Gasteiger partial charge in [-0.1, -0.05) is 31.5 Å². The van der Waals surface area contributed by atoms with E-state index in [1.54, 1.807) is 11.3 Å². The van der Waals surface area contributed by atoms with Crippen molar-refractivity contribution in [3.63, 3.8) is 0 Å². The molecule has 0 fully saturated rings. The molecule has 0 bridgehead atoms. The maximum atomic E-state index is 10.3. The summed E-state index contributed by atoms with van der Waals surface area (Å²) in [6.07, 6.45) is 0.571. The van der Waals surface area contributed by atoms with E-state index in [4.69, 9.17) is 11.6 Å². The number of aliphatic hydroxyl groups excluding tert-OH is 1. The van der Waals surface area contributed by atoms with Gasteiger partial charge in [-0.3, -0.25) is 0 Å². The zero-order valence-corrected chi connectivity index (χ0v) is 13.8. The normalized spacial score (nSPS) is 21.2. The van der Waals surface area contributed by atoms with Gasteiger partial charge in [-0.15, -0.1) is 0 Å². The smallest absolute Gasteiger partial charge is 0.0922 e. The van der Waals surface area contributed by atoms with Gasteiger partial charge in [-0.25, -0.2) is 0 Å². The molecular weight excluding hydrogens is 302 g/mol. The van der Waals surface area contributed by atoms with Crippen LogP contribution in [0.1, 0.15) is 42.7 Å². The minimum absolute atomic E-state index is 0.126. The van der Waals surface area contributed by atoms with Gasteiger partial charge in [-0.05, 0) is 57.5 Å². The van der Waals surface area contributed by atoms with Crippen LogP contribution < -0.4 is 5.32 Å². The van der Waals surface area contributed by atoms with Gasteiger partial charge in [0.2, 0.25) is 0 Å². The third-order valence-corrected chi connectivity index (χ3v) is 5.23. The van der Waals surface area contributed by atoms with Crippen molar-refractivity contribution in [2.75, 3.05) is 6.54 Å². The Morgan fingerprint density at radius 3 is 2.95 bits per heavy atom. The average molecular weight is 322 g/mol. The fraction of sp³-hybridized carbons (Fsp3) is 0.412. The Labute approximate surface area is 134 Å². The van der Waals surface area contributed by atoms with E-state index in [1.807, 2.05) is 22.9 Å². The van der Waals surface area contributed by atoms with Gasteiger partial charge in [0, 0.05) is 17.6 Å². The minimum atomic E-state index is -0.463. The molecule has 2 atom stereocenters. The first-order chi connectivity index (χ1) is 9.97. The first-order valence-electron chi connectivity index (χ1n) is 7.19. The van der Waals surface area contributed by atoms with E-state index in [1.165, 1.54) is 11.1 Å². The molecule has 2 unspecified atom stereocenters. The zero-order valence-electron chi connectivity index (χ0n) is 12.3. The Morgan fingerprint density at radius 2 is 2.24 bits per heavy atom. The fourth-order valence-electron chi connectivity index (χ4n) is 3.21. The summed E-state index contributed by atoms with van der Waals surface area (Å²) in [5.74, 6) is 0. The Balaban J connectivity index is 1.77. The van der Waals surface area contributed by atoms with E-state index in [0.717, 1.165) is 17.0 Å². The summed E-state index contributed by atoms with van der Waals surface area (Å²) in [7, 11) is 0. The van der Waals surface area contributed by atoms with Crippen molar-refractivity contribution in [3.8, 4) is 0 Å². The second-order valence-electron chi connectivity index (χ2n) is 6.42. The number of thiophene rings is 1. The summed E-state index contributed by atoms with van der Waals surface area (Å²) in [6, 6.07) is 8.33. The molecule has 0 radical (unpaired) electrons. The lowest BCUT2D eigenvalue weighted by Crippen LogP contribution is -2.33. The van der Waals surface area contributed by atoms with Crippen molar-refractivity contribution in [1.29, 1.82) is 0 Å². The molecule has 0 spiro atoms. The van der Waals surface area contributed by atoms with Crippen molar-refractivity contribution in [3.05, 3.63) is 56.7 Å². The maximum absolute atomic E-state index is 10.3. The zero-order chi connectivity index (χ0) is 15.0. The van der Waals surface area contributed by atoms with Crippen LogP contribution in [0.4, 0.5) is 0 Å². The molecule has 2 nitrogen and oxygen atoms in total. The van der Waals surface area contributed by atoms with Crippen LogP contribution in [-0.4, -0.2) is 11.7 Å². The molecule has 2 aromatic rings. The first-order valence-corrected chi connectivity index (χ1v) is 8.51. The van der Waals surface area contributed by atoms with Crippen LogP contribution >= 0.6 is 22.9 Å². The van der Waals surface area contributed by atoms with Crippen molar-refractivity contribution in [2.45, 2.75) is 32.4 Å². The molecule has 3 rings (SSSR count). The standard InChI is InChI=1S/C17H20ClNOS/c1-17(2)8-11-3-4-13(18)7-14(11)16(17)19-9-15(20)12-5-6-21-10-12/h3-7,10,15-16,19-20H,8-9H2,1-2H3. The van der Waals surface area contributed by atoms with Gasteiger partial charge in [0.05, 0.1) is 6.10 Å². The molecule has 0 saturated heterocycles. The van der Waals surface area contributed by atoms with Crippen LogP contribution in [0.3, 0.4) is 0 Å². The van der Waals surface area contributed by atoms with Crippen LogP contribution in [0.25, 0.3) is 0 Å². The number of benzene rings is 1. The summed E-state index contributed by atoms with van der Waals surface area (Å²) in [4.78, 5) is 0. The predicted molar refractivity (Wildman–Crippen MR) is 89.0 cm³/mol. The molecule has 2 N–H and O–H groups in total. The predicted octanol–water partition coefficient (Wildman–Crippen LogP) is 4.35. The molecule has 1 aliphatic rings. The summed E-state index contributed by atoms with van der Waals surface area (Å²) in [6.45, 7) is 5.07. The number of rotatable bonds is 4. The minimum Gasteiger partial charge on any atom is -0.387 e. The third-order valence-electron chi connectivity index (χ3n) is 4.29. The van der Waals surface area contributed by atoms with Crippen LogP contribution in [-0.2, 0) is 6.42 Å². The molecule has 0 saturated carbocycles. The highest BCUT2D eigenvalue weighted by Crippen LogP contribution is 2.45. The topological polar surface area (TPSA) is 32.3 Å². The van der Waals surface area contributed by atoms with E-state index in [-0.39, 0.29) is 11.5 Å². The highest BCUT2D eigenvalue weighted by Gasteiger charge is 2.38. The molecule has 1 aliphatic carbocycles. The SMILES string of the molecule is CC1(C)Cc2ccc(Cl)cc2C1NCC(O)c1ccsc1. The Kier molecular flexibility index (Phi) is 4.10. The maximum Gasteiger partial charge on any atom is 0.0922 e. The van der Waals surface area contributed by atoms with Crippen molar-refractivity contribution >= 4 is 22.9 Å². The van der Waals surface area contributed by atoms with E-state index < -0.39 is 6.10 Å². The molecule has 21 heavy (non-hydrogen) atoms. The lowest BCUT2D eigenvalue weighted by atomic mass is 9.85. The van der Waals surface area contributed by atoms with E-state index >= 15 is 0 Å². The Morgan fingerprint density at radius 1 is 1.43 bits per heavy atom. The quantitative estimate of drug-likeness (QED) is 0.877. The van der Waals surface area contributed by atoms with Crippen molar-refractivity contribution in [1.82, 2.24) is 5.32 Å². The Bertz CT molecular complexity index is 624. The first kappa shape index (κ1) is 15.0. The van der Waals surface area contributed by atoms with Crippen LogP contribution in [0.2, 0.25) is 5.02 Å². The number of nitrogens with one attached hydrogen (secondary N) is 1. The van der Waals surface area contributed by atoms with Gasteiger partial charge >= 0.3 is 0 Å². The molecule has 1 heterocycles. The third kappa shape index (κ3) is 3.02. The van der Waals surface area contributed by atoms with Crippen molar-refractivity contribution in [2.24, 2.45) is 5.41 Å². The van der Waals surface area contributed by atoms with E-state index in [0.29, 0.717) is 6.54 Å². The summed E-state index contributed by atoms with van der Waals surface area (Å²) < 4.78 is 0. The van der Waals surface area contributed by atoms with Gasteiger partial charge in [0.1, 0.15) is 0 Å². The lowest BCUT2D eigenvalue weighted by molar-refractivity contribution is 0.155. The number of halogens is 1. The summed E-state index contributed by atoms with van der Waals surface area (Å²) >= 11 is 7.76. The lowest BCUT2D eigenvalue weighted by Gasteiger charge is -2.29. The van der Waals surface area contributed by atoms with E-state index in [9.17, 15) is 5.11 Å². The van der Waals surface area contributed by atoms with Crippen molar-refractivity contribution < 1.29 is 5.11 Å². The largest absolute Gasteiger partial charge is 0.387 e. The molecule has 112 valence electrons. The second-order valence-corrected chi connectivity index (χ2v) is 7.64. The summed E-state index contributed by atoms with van der Waals surface area (Å²) in [5, 5.41) is 18.6. The van der Waals surface area contributed by atoms with Gasteiger partial charge in [-0.2, -0.15) is 11.3 Å². The highest BCUT2D eigenvalue weighted by atomic mass is 35.5. The van der Waals surface area contributed by atoms with E-state index in [2.05, 4.69) is 31.3 Å². The monoisotopic (exact) mass is 321 g/mol. The van der Waals surface area contributed by atoms with Gasteiger partial charge in [0.15, 0.2) is 0 Å². The molecule has 1 aromatic carbocycles. The molecule has 4 heteroatoms. The highest BCUT2D eigenvalue weighted by molar-refractivity contribution is 7.07. The summed E-state index contributed by atoms with van der Waals surface area (Å²) in [5.41, 5.74) is 3.73. The second kappa shape index (κ2) is 5.73. The molecule has 0 amide bonds. The van der Waals surface area contributed by atoms with Crippen LogP contribution in [0.5, 0.6) is 0 Å². The van der Waals surface area contributed by atoms with Gasteiger partial charge in [0.25, 0.3) is 0 Å². The average Bonchev–Trinajstić information content (AvgIpc) is 3.02. The van der Waals surface area contributed by atoms with Crippen LogP contribution in [0, 0.1) is 5.41 Å². The number of fused-ring (bicyclic) bond motifs is 1. The Hall–Kier alpha value is -0.870. The number of aliphatic hydroxyl groups is 1. The molecule has 0 aliphatic heterocycles. The molecular formula is C17H20ClNOS. The fourth-order valence-corrected chi connectivity index (χ4v) is 4.10. The number of hydrogen-bond acceptors (Lipinski definition) is 3. The van der Waals surface area contributed by atoms with Gasteiger partial charge < -0.3 is 10.4 Å². The number of hydrogen-bond donors (Lipinski definition) is 2. The molecule has 1 aromatic heterocycles. The van der Waals surface area contributed by atoms with Crippen LogP contribution in [0.15, 0.2) is 35.0 Å².